The Kier molecular flexibility index (Phi) is 8.01. The Labute approximate surface area is 329 Å². The summed E-state index contributed by atoms with van der Waals surface area (Å²) in [5.74, 6) is -25.6. The van der Waals surface area contributed by atoms with Crippen LogP contribution in [0.5, 0.6) is 0 Å². The van der Waals surface area contributed by atoms with Gasteiger partial charge in [0.15, 0.2) is 66.6 Å². The highest BCUT2D eigenvalue weighted by Crippen LogP contribution is 2.40. The van der Waals surface area contributed by atoms with Crippen molar-refractivity contribution in [2.45, 2.75) is 0 Å². The molecule has 0 amide bonds. The molecule has 0 aliphatic carbocycles. The van der Waals surface area contributed by atoms with E-state index >= 15 is 0 Å². The second-order valence-corrected chi connectivity index (χ2v) is 16.7. The van der Waals surface area contributed by atoms with Crippen LogP contribution in [0, 0.1) is 58.2 Å². The first-order valence-corrected chi connectivity index (χ1v) is 19.4. The quantitative estimate of drug-likeness (QED) is 0.0741. The number of aromatic nitrogens is 4. The highest BCUT2D eigenvalue weighted by atomic mass is 32.1. The number of halogens is 10. The Morgan fingerprint density at radius 1 is 0.345 bits per heavy atom. The molecule has 0 saturated heterocycles. The van der Waals surface area contributed by atoms with Crippen LogP contribution in [-0.4, -0.2) is 31.5 Å². The van der Waals surface area contributed by atoms with Crippen molar-refractivity contribution in [2.24, 2.45) is 0 Å². The summed E-state index contributed by atoms with van der Waals surface area (Å²) in [6, 6.07) is 13.8. The van der Waals surface area contributed by atoms with Gasteiger partial charge in [0.1, 0.15) is 11.1 Å². The summed E-state index contributed by atoms with van der Waals surface area (Å²) < 4.78 is 142. The number of rotatable bonds is 5. The Hall–Kier alpha value is -5.96. The van der Waals surface area contributed by atoms with Crippen LogP contribution in [-0.2, 0) is 0 Å². The molecule has 4 heterocycles. The predicted molar refractivity (Wildman–Crippen MR) is 199 cm³/mol. The second-order valence-electron chi connectivity index (χ2n) is 12.6. The lowest BCUT2D eigenvalue weighted by molar-refractivity contribution is 0.101. The fraction of sp³-hybridized carbons (Fsp3) is 0. The molecule has 0 unspecified atom stereocenters. The third-order valence-electron chi connectivity index (χ3n) is 9.15. The minimum Gasteiger partial charge on any atom is -0.286 e. The minimum absolute atomic E-state index is 0.256. The van der Waals surface area contributed by atoms with Crippen molar-refractivity contribution in [3.8, 4) is 10.0 Å². The van der Waals surface area contributed by atoms with E-state index in [1.54, 1.807) is 36.4 Å². The summed E-state index contributed by atoms with van der Waals surface area (Å²) in [5, 5.41) is 2.89. The number of nitrogens with zero attached hydrogens (tertiary/aromatic N) is 4. The second kappa shape index (κ2) is 12.8. The van der Waals surface area contributed by atoms with E-state index in [0.717, 1.165) is 32.1 Å². The van der Waals surface area contributed by atoms with Gasteiger partial charge in [0.2, 0.25) is 23.2 Å². The largest absolute Gasteiger partial charge is 0.286 e. The fourth-order valence-electron chi connectivity index (χ4n) is 6.39. The summed E-state index contributed by atoms with van der Waals surface area (Å²) in [6.45, 7) is 0. The Bertz CT molecular complexity index is 3110. The zero-order valence-corrected chi connectivity index (χ0v) is 30.9. The molecule has 4 aromatic heterocycles. The number of benzene rings is 6. The van der Waals surface area contributed by atoms with Crippen LogP contribution in [0.3, 0.4) is 0 Å². The van der Waals surface area contributed by atoms with Crippen molar-refractivity contribution in [3.63, 3.8) is 0 Å². The van der Waals surface area contributed by atoms with Gasteiger partial charge >= 0.3 is 0 Å². The van der Waals surface area contributed by atoms with Gasteiger partial charge in [-0.25, -0.2) is 63.8 Å². The molecule has 6 nitrogen and oxygen atoms in total. The van der Waals surface area contributed by atoms with E-state index < -0.39 is 90.9 Å². The van der Waals surface area contributed by atoms with Gasteiger partial charge in [-0.1, -0.05) is 0 Å². The molecule has 0 atom stereocenters. The van der Waals surface area contributed by atoms with E-state index in [0.29, 0.717) is 52.0 Å². The molecule has 0 fully saturated rings. The number of thiazole rings is 4. The summed E-state index contributed by atoms with van der Waals surface area (Å²) in [6.07, 6.45) is 0. The Balaban J connectivity index is 0.972. The fourth-order valence-corrected chi connectivity index (χ4v) is 10.3. The average Bonchev–Trinajstić information content (AvgIpc) is 4.01. The molecular weight excluding hydrogens is 863 g/mol. The summed E-state index contributed by atoms with van der Waals surface area (Å²) in [5.41, 5.74) is -1.49. The van der Waals surface area contributed by atoms with E-state index in [4.69, 9.17) is 9.97 Å². The van der Waals surface area contributed by atoms with Crippen LogP contribution >= 0.6 is 45.3 Å². The lowest BCUT2D eigenvalue weighted by Gasteiger charge is -2.05. The third-order valence-corrected chi connectivity index (χ3v) is 13.4. The van der Waals surface area contributed by atoms with Crippen LogP contribution in [0.15, 0.2) is 48.5 Å². The highest BCUT2D eigenvalue weighted by Gasteiger charge is 2.33. The monoisotopic (exact) mass is 870 g/mol. The molecule has 10 aromatic rings. The number of ketones is 2. The Morgan fingerprint density at radius 2 is 0.603 bits per heavy atom. The SMILES string of the molecule is O=C(c1nc2cc3cc4sc(-c5nc6cc7cc8sc(C(=O)c9c(F)c(F)c(F)c(F)c9F)nc8cc7cc6s5)nc4cc3cc2s1)c1c(F)c(F)c(F)c(F)c1F. The van der Waals surface area contributed by atoms with Gasteiger partial charge < -0.3 is 0 Å². The van der Waals surface area contributed by atoms with Crippen molar-refractivity contribution in [1.82, 2.24) is 19.9 Å². The minimum atomic E-state index is -2.38. The van der Waals surface area contributed by atoms with E-state index in [-0.39, 0.29) is 11.0 Å². The lowest BCUT2D eigenvalue weighted by atomic mass is 10.1. The van der Waals surface area contributed by atoms with Gasteiger partial charge in [0.25, 0.3) is 0 Å². The zero-order valence-electron chi connectivity index (χ0n) is 27.6. The molecule has 58 heavy (non-hydrogen) atoms. The number of fused-ring (bicyclic) bond motifs is 6. The zero-order chi connectivity index (χ0) is 40.6. The number of hydrogen-bond donors (Lipinski definition) is 0. The molecule has 20 heteroatoms. The van der Waals surface area contributed by atoms with Gasteiger partial charge in [0, 0.05) is 0 Å². The maximum Gasteiger partial charge on any atom is 0.227 e. The summed E-state index contributed by atoms with van der Waals surface area (Å²) >= 11 is 4.11. The predicted octanol–water partition coefficient (Wildman–Crippen LogP) is 12.0. The van der Waals surface area contributed by atoms with Gasteiger partial charge in [0.05, 0.1) is 40.9 Å². The molecule has 0 bridgehead atoms. The van der Waals surface area contributed by atoms with E-state index in [1.165, 1.54) is 22.7 Å². The first-order valence-electron chi connectivity index (χ1n) is 16.1. The first-order chi connectivity index (χ1) is 27.7. The van der Waals surface area contributed by atoms with Crippen LogP contribution in [0.2, 0.25) is 0 Å². The lowest BCUT2D eigenvalue weighted by Crippen LogP contribution is -2.13. The van der Waals surface area contributed by atoms with Crippen LogP contribution < -0.4 is 0 Å². The molecule has 0 aliphatic heterocycles. The number of hydrogen-bond acceptors (Lipinski definition) is 10. The van der Waals surface area contributed by atoms with Crippen LogP contribution in [0.4, 0.5) is 43.9 Å². The topological polar surface area (TPSA) is 85.7 Å². The molecular formula is C38H8F10N4O2S4. The van der Waals surface area contributed by atoms with Crippen molar-refractivity contribution < 1.29 is 53.5 Å². The molecule has 6 aromatic carbocycles. The van der Waals surface area contributed by atoms with Crippen molar-refractivity contribution >= 4 is 119 Å². The van der Waals surface area contributed by atoms with Gasteiger partial charge in [-0.05, 0) is 70.1 Å². The average molecular weight is 871 g/mol. The van der Waals surface area contributed by atoms with Crippen molar-refractivity contribution in [2.75, 3.05) is 0 Å². The van der Waals surface area contributed by atoms with E-state index in [2.05, 4.69) is 9.97 Å². The maximum atomic E-state index is 14.4. The summed E-state index contributed by atoms with van der Waals surface area (Å²) in [4.78, 5) is 43.6. The normalized spacial score (nSPS) is 12.1. The van der Waals surface area contributed by atoms with Crippen molar-refractivity contribution in [3.05, 3.63) is 128 Å². The maximum absolute atomic E-state index is 14.4. The van der Waals surface area contributed by atoms with Crippen molar-refractivity contribution in [1.29, 1.82) is 0 Å². The third kappa shape index (κ3) is 5.35. The Morgan fingerprint density at radius 3 is 0.914 bits per heavy atom. The standard InChI is InChI=1S/C38H8F10N4O2S4/c39-23-21(24(40)28(44)31(47)27(23)43)33(53)35-49-13-1-9-7-19-15(3-11(9)5-17(13)55-35)51-37(57-19)38-52-16-4-12-6-18-14(2-10(12)8-20(16)58-38)50-36(56-18)34(54)22-25(41)29(45)32(48)30(46)26(22)42/h1-8H. The van der Waals surface area contributed by atoms with E-state index in [9.17, 15) is 53.5 Å². The molecule has 10 rings (SSSR count). The van der Waals surface area contributed by atoms with Gasteiger partial charge in [-0.3, -0.25) is 9.59 Å². The molecule has 0 aliphatic rings. The van der Waals surface area contributed by atoms with Crippen LogP contribution in [0.1, 0.15) is 30.7 Å². The highest BCUT2D eigenvalue weighted by molar-refractivity contribution is 7.27. The van der Waals surface area contributed by atoms with Gasteiger partial charge in [-0.15, -0.1) is 45.3 Å². The van der Waals surface area contributed by atoms with E-state index in [1.807, 2.05) is 12.1 Å². The number of carbonyl (C=O) groups excluding carboxylic acids is 2. The molecule has 0 N–H and O–H groups in total. The molecule has 0 radical (unpaired) electrons. The molecule has 0 spiro atoms. The molecule has 286 valence electrons. The molecule has 0 saturated carbocycles. The smallest absolute Gasteiger partial charge is 0.227 e. The van der Waals surface area contributed by atoms with Gasteiger partial charge in [-0.2, -0.15) is 0 Å². The first kappa shape index (κ1) is 36.4. The van der Waals surface area contributed by atoms with Crippen LogP contribution in [0.25, 0.3) is 72.4 Å². The number of carbonyl (C=O) groups is 2. The summed E-state index contributed by atoms with van der Waals surface area (Å²) in [7, 11) is 0.